The number of hydrogen-bond donors (Lipinski definition) is 0. The van der Waals surface area contributed by atoms with Gasteiger partial charge in [-0.25, -0.2) is 15.0 Å². The maximum absolute atomic E-state index is 5.04. The van der Waals surface area contributed by atoms with Gasteiger partial charge in [-0.2, -0.15) is 0 Å². The first-order valence-corrected chi connectivity index (χ1v) is 39.9. The molecular weight excluding hydrogens is 831 g/mol. The van der Waals surface area contributed by atoms with Gasteiger partial charge < -0.3 is 0 Å². The SMILES string of the molecule is C[Si](C)(C)c1c(-c2cccc(-c3cccc(-c4cccc(-c5nc(-c6ccccc6)nc(-c6ccccc6)n5)c4)c3)c2)c([Si](C)(C)C)c([Si](C)(C)C)c([Si](C)(C)C)c1[Si](C)(C)C. The first kappa shape index (κ1) is 45.4. The predicted octanol–water partition coefficient (Wildman–Crippen LogP) is 12.6. The Morgan fingerprint density at radius 2 is 0.484 bits per heavy atom. The molecule has 0 saturated heterocycles. The van der Waals surface area contributed by atoms with E-state index in [1.807, 2.05) is 52.0 Å². The molecule has 8 heteroatoms. The van der Waals surface area contributed by atoms with Gasteiger partial charge in [0.15, 0.2) is 17.5 Å². The quantitative estimate of drug-likeness (QED) is 0.121. The smallest absolute Gasteiger partial charge is 0.164 e. The molecule has 7 aromatic rings. The normalized spacial score (nSPS) is 12.8. The van der Waals surface area contributed by atoms with Gasteiger partial charge in [0.2, 0.25) is 0 Å². The number of benzene rings is 6. The van der Waals surface area contributed by atoms with Crippen LogP contribution in [0.5, 0.6) is 0 Å². The van der Waals surface area contributed by atoms with Crippen LogP contribution in [0.15, 0.2) is 133 Å². The summed E-state index contributed by atoms with van der Waals surface area (Å²) in [7, 11) is -9.07. The molecule has 0 saturated carbocycles. The van der Waals surface area contributed by atoms with Crippen LogP contribution < -0.4 is 25.9 Å². The largest absolute Gasteiger partial charge is 0.208 e. The zero-order valence-corrected chi connectivity index (χ0v) is 45.0. The Balaban J connectivity index is 1.40. The lowest BCUT2D eigenvalue weighted by Gasteiger charge is -2.44. The molecule has 318 valence electrons. The highest BCUT2D eigenvalue weighted by Crippen LogP contribution is 2.33. The van der Waals surface area contributed by atoms with Crippen LogP contribution >= 0.6 is 0 Å². The number of rotatable bonds is 11. The molecule has 6 aromatic carbocycles. The standard InChI is InChI=1S/C54H67N3Si5/c1-58(2,3)47-46(48(59(4,5)6)50(61(10,11)12)51(62(13,14)15)49(47)60(7,8)9)44-33-23-31-42(36-44)40-29-22-30-41(35-40)43-32-24-34-45(37-43)54-56-52(38-25-18-16-19-26-38)55-53(57-54)39-27-20-17-21-28-39/h16-37H,1-15H3. The van der Waals surface area contributed by atoms with E-state index in [0.29, 0.717) is 17.5 Å². The van der Waals surface area contributed by atoms with Crippen molar-refractivity contribution in [1.82, 2.24) is 15.0 Å². The molecule has 0 aliphatic carbocycles. The van der Waals surface area contributed by atoms with Crippen LogP contribution in [0.4, 0.5) is 0 Å². The third-order valence-electron chi connectivity index (χ3n) is 11.8. The number of nitrogens with zero attached hydrogens (tertiary/aromatic N) is 3. The Kier molecular flexibility index (Phi) is 12.3. The van der Waals surface area contributed by atoms with Gasteiger partial charge in [0.05, 0.1) is 40.4 Å². The summed E-state index contributed by atoms with van der Waals surface area (Å²) in [6, 6.07) is 47.8. The van der Waals surface area contributed by atoms with E-state index >= 15 is 0 Å². The van der Waals surface area contributed by atoms with Crippen LogP contribution in [-0.2, 0) is 0 Å². The highest BCUT2D eigenvalue weighted by molar-refractivity contribution is 7.10. The van der Waals surface area contributed by atoms with Crippen molar-refractivity contribution in [2.45, 2.75) is 98.2 Å². The van der Waals surface area contributed by atoms with Crippen LogP contribution in [0, 0.1) is 0 Å². The van der Waals surface area contributed by atoms with Crippen molar-refractivity contribution in [2.75, 3.05) is 0 Å². The van der Waals surface area contributed by atoms with Crippen molar-refractivity contribution in [1.29, 1.82) is 0 Å². The van der Waals surface area contributed by atoms with Crippen molar-refractivity contribution in [3.05, 3.63) is 133 Å². The first-order valence-electron chi connectivity index (χ1n) is 22.4. The summed E-state index contributed by atoms with van der Waals surface area (Å²) in [5.41, 5.74) is 10.7. The molecule has 0 aliphatic rings. The summed E-state index contributed by atoms with van der Waals surface area (Å²) in [6.07, 6.45) is 0. The zero-order chi connectivity index (χ0) is 45.0. The Morgan fingerprint density at radius 1 is 0.242 bits per heavy atom. The number of aromatic nitrogens is 3. The third kappa shape index (κ3) is 9.50. The van der Waals surface area contributed by atoms with Crippen molar-refractivity contribution in [2.24, 2.45) is 0 Å². The van der Waals surface area contributed by atoms with Gasteiger partial charge in [0.1, 0.15) is 0 Å². The fraction of sp³-hybridized carbons (Fsp3) is 0.278. The van der Waals surface area contributed by atoms with Gasteiger partial charge in [-0.05, 0) is 51.6 Å². The molecule has 0 N–H and O–H groups in total. The molecule has 0 fully saturated rings. The van der Waals surface area contributed by atoms with Crippen LogP contribution in [0.3, 0.4) is 0 Å². The highest BCUT2D eigenvalue weighted by Gasteiger charge is 2.44. The molecule has 0 atom stereocenters. The van der Waals surface area contributed by atoms with E-state index in [4.69, 9.17) is 15.0 Å². The molecule has 7 rings (SSSR count). The fourth-order valence-corrected chi connectivity index (χ4v) is 27.8. The minimum absolute atomic E-state index is 0.662. The molecular formula is C54H67N3Si5. The van der Waals surface area contributed by atoms with E-state index < -0.39 is 40.4 Å². The zero-order valence-electron chi connectivity index (χ0n) is 40.0. The minimum atomic E-state index is -1.87. The lowest BCUT2D eigenvalue weighted by molar-refractivity contribution is 1.07. The molecule has 0 spiro atoms. The second-order valence-electron chi connectivity index (χ2n) is 22.3. The van der Waals surface area contributed by atoms with Gasteiger partial charge in [-0.1, -0.05) is 239 Å². The molecule has 62 heavy (non-hydrogen) atoms. The number of hydrogen-bond acceptors (Lipinski definition) is 3. The average Bonchev–Trinajstić information content (AvgIpc) is 3.21. The van der Waals surface area contributed by atoms with Crippen LogP contribution in [0.2, 0.25) is 98.2 Å². The summed E-state index contributed by atoms with van der Waals surface area (Å²) in [5, 5.41) is 9.02. The monoisotopic (exact) mass is 897 g/mol. The molecule has 1 aromatic heterocycles. The Hall–Kier alpha value is -4.59. The minimum Gasteiger partial charge on any atom is -0.208 e. The summed E-state index contributed by atoms with van der Waals surface area (Å²) in [4.78, 5) is 15.0. The Bertz CT molecular complexity index is 2640. The molecule has 0 radical (unpaired) electrons. The van der Waals surface area contributed by atoms with E-state index in [2.05, 4.69) is 195 Å². The molecule has 0 unspecified atom stereocenters. The summed E-state index contributed by atoms with van der Waals surface area (Å²) in [5.74, 6) is 2.00. The predicted molar refractivity (Wildman–Crippen MR) is 287 cm³/mol. The van der Waals surface area contributed by atoms with E-state index in [-0.39, 0.29) is 0 Å². The fourth-order valence-electron chi connectivity index (χ4n) is 9.30. The van der Waals surface area contributed by atoms with Crippen molar-refractivity contribution in [3.63, 3.8) is 0 Å². The van der Waals surface area contributed by atoms with Crippen molar-refractivity contribution in [3.8, 4) is 67.5 Å². The van der Waals surface area contributed by atoms with E-state index in [0.717, 1.165) is 22.3 Å². The summed E-state index contributed by atoms with van der Waals surface area (Å²) >= 11 is 0. The molecule has 3 nitrogen and oxygen atoms in total. The summed E-state index contributed by atoms with van der Waals surface area (Å²) < 4.78 is 0. The van der Waals surface area contributed by atoms with Crippen LogP contribution in [0.1, 0.15) is 0 Å². The van der Waals surface area contributed by atoms with Gasteiger partial charge in [-0.3, -0.25) is 0 Å². The molecule has 0 amide bonds. The topological polar surface area (TPSA) is 38.7 Å². The lowest BCUT2D eigenvalue weighted by Crippen LogP contribution is -2.78. The van der Waals surface area contributed by atoms with Gasteiger partial charge in [0.25, 0.3) is 0 Å². The summed E-state index contributed by atoms with van der Waals surface area (Å²) in [6.45, 7) is 39.4. The van der Waals surface area contributed by atoms with E-state index in [1.165, 1.54) is 22.3 Å². The average molecular weight is 899 g/mol. The van der Waals surface area contributed by atoms with Crippen molar-refractivity contribution < 1.29 is 0 Å². The first-order chi connectivity index (χ1) is 28.9. The Labute approximate surface area is 378 Å². The van der Waals surface area contributed by atoms with Crippen LogP contribution in [-0.4, -0.2) is 55.3 Å². The maximum Gasteiger partial charge on any atom is 0.164 e. The second kappa shape index (κ2) is 16.8. The third-order valence-corrected chi connectivity index (χ3v) is 22.8. The highest BCUT2D eigenvalue weighted by atomic mass is 28.3. The molecule has 0 bridgehead atoms. The van der Waals surface area contributed by atoms with Gasteiger partial charge in [-0.15, -0.1) is 0 Å². The maximum atomic E-state index is 5.04. The van der Waals surface area contributed by atoms with Gasteiger partial charge >= 0.3 is 0 Å². The van der Waals surface area contributed by atoms with E-state index in [1.54, 1.807) is 15.9 Å². The molecule has 0 aliphatic heterocycles. The Morgan fingerprint density at radius 3 is 0.823 bits per heavy atom. The second-order valence-corrected chi connectivity index (χ2v) is 47.3. The lowest BCUT2D eigenvalue weighted by atomic mass is 9.95. The van der Waals surface area contributed by atoms with Crippen LogP contribution in [0.25, 0.3) is 67.5 Å². The molecule has 1 heterocycles. The van der Waals surface area contributed by atoms with Crippen molar-refractivity contribution >= 4 is 66.3 Å². The van der Waals surface area contributed by atoms with E-state index in [9.17, 15) is 0 Å². The van der Waals surface area contributed by atoms with Gasteiger partial charge in [0, 0.05) is 16.7 Å².